The molecule has 1 heterocycles. The molecule has 0 spiro atoms. The largest absolute Gasteiger partial charge is 0.497 e. The molecule has 1 aromatic heterocycles. The molecule has 8 heteroatoms. The molecule has 0 saturated carbocycles. The van der Waals surface area contributed by atoms with Gasteiger partial charge >= 0.3 is 0 Å². The van der Waals surface area contributed by atoms with Crippen LogP contribution in [-0.4, -0.2) is 40.5 Å². The molecule has 168 valence electrons. The van der Waals surface area contributed by atoms with Gasteiger partial charge in [-0.05, 0) is 42.0 Å². The van der Waals surface area contributed by atoms with Gasteiger partial charge in [-0.3, -0.25) is 9.36 Å². The maximum absolute atomic E-state index is 13.4. The topological polar surface area (TPSA) is 66.2 Å². The number of aromatic nitrogens is 3. The number of thioether (sulfide) groups is 1. The van der Waals surface area contributed by atoms with Crippen molar-refractivity contribution in [1.29, 1.82) is 0 Å². The summed E-state index contributed by atoms with van der Waals surface area (Å²) in [6.07, 6.45) is 0. The molecule has 6 nitrogen and oxygen atoms in total. The van der Waals surface area contributed by atoms with Crippen molar-refractivity contribution in [2.45, 2.75) is 11.7 Å². The molecule has 0 unspecified atom stereocenters. The van der Waals surface area contributed by atoms with Gasteiger partial charge in [0.1, 0.15) is 17.3 Å². The van der Waals surface area contributed by atoms with E-state index >= 15 is 0 Å². The molecule has 0 fully saturated rings. The zero-order valence-electron chi connectivity index (χ0n) is 18.2. The number of ether oxygens (including phenoxy) is 2. The predicted molar refractivity (Wildman–Crippen MR) is 126 cm³/mol. The van der Waals surface area contributed by atoms with Crippen LogP contribution < -0.4 is 9.47 Å². The fraction of sp³-hybridized carbons (Fsp3) is 0.160. The van der Waals surface area contributed by atoms with Crippen molar-refractivity contribution >= 4 is 17.5 Å². The number of halogens is 1. The minimum Gasteiger partial charge on any atom is -0.497 e. The van der Waals surface area contributed by atoms with E-state index in [0.717, 1.165) is 11.1 Å². The van der Waals surface area contributed by atoms with Crippen LogP contribution in [0.25, 0.3) is 11.4 Å². The van der Waals surface area contributed by atoms with Gasteiger partial charge < -0.3 is 9.47 Å². The van der Waals surface area contributed by atoms with Gasteiger partial charge in [0.05, 0.1) is 32.1 Å². The number of Topliss-reactive ketones (excluding diaryl/α,β-unsaturated/α-hetero) is 1. The maximum atomic E-state index is 13.4. The van der Waals surface area contributed by atoms with Gasteiger partial charge in [0.2, 0.25) is 0 Å². The second-order valence-corrected chi connectivity index (χ2v) is 8.11. The summed E-state index contributed by atoms with van der Waals surface area (Å²) in [5, 5.41) is 9.26. The standard InChI is InChI=1S/C25H22FN3O3S/c1-31-20-12-13-21(23(14-20)32-2)22(30)16-33-25-28-27-24(18-8-10-19(26)11-9-18)29(25)15-17-6-4-3-5-7-17/h3-14H,15-16H2,1-2H3. The van der Waals surface area contributed by atoms with Crippen molar-refractivity contribution in [3.05, 3.63) is 89.7 Å². The van der Waals surface area contributed by atoms with Crippen LogP contribution in [0, 0.1) is 5.82 Å². The van der Waals surface area contributed by atoms with Crippen LogP contribution in [0.5, 0.6) is 11.5 Å². The van der Waals surface area contributed by atoms with Gasteiger partial charge in [0.25, 0.3) is 0 Å². The SMILES string of the molecule is COc1ccc(C(=O)CSc2nnc(-c3ccc(F)cc3)n2Cc2ccccc2)c(OC)c1. The first-order chi connectivity index (χ1) is 16.1. The highest BCUT2D eigenvalue weighted by molar-refractivity contribution is 7.99. The lowest BCUT2D eigenvalue weighted by molar-refractivity contribution is 0.101. The lowest BCUT2D eigenvalue weighted by Gasteiger charge is -2.11. The first-order valence-electron chi connectivity index (χ1n) is 10.2. The van der Waals surface area contributed by atoms with Crippen LogP contribution in [0.15, 0.2) is 78.0 Å². The first-order valence-corrected chi connectivity index (χ1v) is 11.2. The number of benzene rings is 3. The molecule has 0 atom stereocenters. The van der Waals surface area contributed by atoms with Crippen molar-refractivity contribution in [1.82, 2.24) is 14.8 Å². The molecule has 33 heavy (non-hydrogen) atoms. The van der Waals surface area contributed by atoms with Crippen LogP contribution in [-0.2, 0) is 6.54 Å². The first kappa shape index (κ1) is 22.5. The molecule has 0 aliphatic rings. The average Bonchev–Trinajstić information content (AvgIpc) is 3.25. The van der Waals surface area contributed by atoms with Crippen LogP contribution >= 0.6 is 11.8 Å². The molecule has 0 saturated heterocycles. The Morgan fingerprint density at radius 2 is 1.73 bits per heavy atom. The summed E-state index contributed by atoms with van der Waals surface area (Å²) in [7, 11) is 3.08. The van der Waals surface area contributed by atoms with Gasteiger partial charge in [0, 0.05) is 11.6 Å². The fourth-order valence-electron chi connectivity index (χ4n) is 3.35. The molecular formula is C25H22FN3O3S. The van der Waals surface area contributed by atoms with Gasteiger partial charge in [0.15, 0.2) is 16.8 Å². The lowest BCUT2D eigenvalue weighted by atomic mass is 10.1. The van der Waals surface area contributed by atoms with E-state index in [0.29, 0.717) is 34.6 Å². The molecular weight excluding hydrogens is 441 g/mol. The Labute approximate surface area is 195 Å². The number of rotatable bonds is 9. The van der Waals surface area contributed by atoms with Crippen molar-refractivity contribution in [3.63, 3.8) is 0 Å². The van der Waals surface area contributed by atoms with Gasteiger partial charge in [-0.15, -0.1) is 10.2 Å². The Bertz CT molecular complexity index is 1240. The quantitative estimate of drug-likeness (QED) is 0.253. The van der Waals surface area contributed by atoms with E-state index in [-0.39, 0.29) is 17.4 Å². The highest BCUT2D eigenvalue weighted by atomic mass is 32.2. The summed E-state index contributed by atoms with van der Waals surface area (Å²) >= 11 is 1.30. The van der Waals surface area contributed by atoms with Crippen LogP contribution in [0.2, 0.25) is 0 Å². The molecule has 0 bridgehead atoms. The number of carbonyl (C=O) groups excluding carboxylic acids is 1. The molecule has 0 aliphatic carbocycles. The Morgan fingerprint density at radius 3 is 2.42 bits per heavy atom. The van der Waals surface area contributed by atoms with E-state index in [1.165, 1.54) is 31.0 Å². The van der Waals surface area contributed by atoms with Crippen LogP contribution in [0.1, 0.15) is 15.9 Å². The van der Waals surface area contributed by atoms with Crippen LogP contribution in [0.4, 0.5) is 4.39 Å². The number of nitrogens with zero attached hydrogens (tertiary/aromatic N) is 3. The van der Waals surface area contributed by atoms with E-state index in [1.807, 2.05) is 34.9 Å². The molecule has 0 radical (unpaired) electrons. The molecule has 0 amide bonds. The summed E-state index contributed by atoms with van der Waals surface area (Å²) in [6, 6.07) is 21.1. The highest BCUT2D eigenvalue weighted by Gasteiger charge is 2.19. The van der Waals surface area contributed by atoms with E-state index < -0.39 is 0 Å². The van der Waals surface area contributed by atoms with Crippen molar-refractivity contribution in [2.24, 2.45) is 0 Å². The number of carbonyl (C=O) groups is 1. The zero-order valence-corrected chi connectivity index (χ0v) is 19.0. The molecule has 0 aliphatic heterocycles. The third-order valence-electron chi connectivity index (χ3n) is 5.04. The van der Waals surface area contributed by atoms with E-state index in [9.17, 15) is 9.18 Å². The van der Waals surface area contributed by atoms with Gasteiger partial charge in [-0.1, -0.05) is 42.1 Å². The number of ketones is 1. The third kappa shape index (κ3) is 5.23. The van der Waals surface area contributed by atoms with Crippen molar-refractivity contribution in [3.8, 4) is 22.9 Å². The number of methoxy groups -OCH3 is 2. The minimum absolute atomic E-state index is 0.0999. The van der Waals surface area contributed by atoms with E-state index in [2.05, 4.69) is 10.2 Å². The second-order valence-electron chi connectivity index (χ2n) is 7.16. The zero-order chi connectivity index (χ0) is 23.2. The Morgan fingerprint density at radius 1 is 0.970 bits per heavy atom. The van der Waals surface area contributed by atoms with Gasteiger partial charge in [-0.2, -0.15) is 0 Å². The van der Waals surface area contributed by atoms with Crippen molar-refractivity contribution < 1.29 is 18.7 Å². The average molecular weight is 464 g/mol. The summed E-state index contributed by atoms with van der Waals surface area (Å²) in [6.45, 7) is 0.517. The van der Waals surface area contributed by atoms with E-state index in [4.69, 9.17) is 9.47 Å². The van der Waals surface area contributed by atoms with Crippen LogP contribution in [0.3, 0.4) is 0 Å². The summed E-state index contributed by atoms with van der Waals surface area (Å²) in [5.41, 5.74) is 2.28. The summed E-state index contributed by atoms with van der Waals surface area (Å²) in [5.74, 6) is 1.41. The second kappa shape index (κ2) is 10.3. The predicted octanol–water partition coefficient (Wildman–Crippen LogP) is 5.12. The van der Waals surface area contributed by atoms with Crippen molar-refractivity contribution in [2.75, 3.05) is 20.0 Å². The van der Waals surface area contributed by atoms with Gasteiger partial charge in [-0.25, -0.2) is 4.39 Å². The highest BCUT2D eigenvalue weighted by Crippen LogP contribution is 2.29. The molecule has 4 aromatic rings. The third-order valence-corrected chi connectivity index (χ3v) is 6.01. The molecule has 4 rings (SSSR count). The smallest absolute Gasteiger partial charge is 0.192 e. The number of hydrogen-bond acceptors (Lipinski definition) is 6. The maximum Gasteiger partial charge on any atom is 0.192 e. The lowest BCUT2D eigenvalue weighted by Crippen LogP contribution is -2.08. The monoisotopic (exact) mass is 463 g/mol. The molecule has 3 aromatic carbocycles. The Kier molecular flexibility index (Phi) is 7.04. The Hall–Kier alpha value is -3.65. The Balaban J connectivity index is 1.61. The minimum atomic E-state index is -0.318. The normalized spacial score (nSPS) is 10.8. The van der Waals surface area contributed by atoms with E-state index in [1.54, 1.807) is 37.4 Å². The summed E-state index contributed by atoms with van der Waals surface area (Å²) in [4.78, 5) is 12.9. The summed E-state index contributed by atoms with van der Waals surface area (Å²) < 4.78 is 25.9. The molecule has 0 N–H and O–H groups in total. The fourth-order valence-corrected chi connectivity index (χ4v) is 4.17. The number of hydrogen-bond donors (Lipinski definition) is 0.